The van der Waals surface area contributed by atoms with Gasteiger partial charge in [0, 0.05) is 49.0 Å². The summed E-state index contributed by atoms with van der Waals surface area (Å²) >= 11 is 6.64. The summed E-state index contributed by atoms with van der Waals surface area (Å²) in [5, 5.41) is 4.86. The Hall–Kier alpha value is -6.98. The third-order valence-electron chi connectivity index (χ3n) is 11.7. The first-order valence-electron chi connectivity index (χ1n) is 21.8. The van der Waals surface area contributed by atoms with Gasteiger partial charge in [-0.05, 0) is 57.0 Å². The van der Waals surface area contributed by atoms with Gasteiger partial charge in [-0.3, -0.25) is 19.2 Å². The molecule has 4 aromatic carbocycles. The number of rotatable bonds is 16. The molecule has 0 unspecified atom stereocenters. The highest BCUT2D eigenvalue weighted by molar-refractivity contribution is 7.90. The van der Waals surface area contributed by atoms with Gasteiger partial charge in [0.1, 0.15) is 46.2 Å². The van der Waals surface area contributed by atoms with Crippen LogP contribution in [0, 0.1) is 5.92 Å². The van der Waals surface area contributed by atoms with Gasteiger partial charge in [-0.2, -0.15) is 0 Å². The Morgan fingerprint density at radius 2 is 1.60 bits per heavy atom. The van der Waals surface area contributed by atoms with Gasteiger partial charge in [0.25, 0.3) is 15.9 Å². The van der Waals surface area contributed by atoms with Crippen LogP contribution in [0.4, 0.5) is 4.79 Å². The second-order valence-corrected chi connectivity index (χ2v) is 19.8. The first-order chi connectivity index (χ1) is 32.3. The van der Waals surface area contributed by atoms with Gasteiger partial charge >= 0.3 is 6.09 Å². The summed E-state index contributed by atoms with van der Waals surface area (Å²) in [5.74, 6) is -2.89. The van der Waals surface area contributed by atoms with Gasteiger partial charge in [-0.15, -0.1) is 18.2 Å². The number of hydrogen-bond donors (Lipinski definition) is 3. The quantitative estimate of drug-likeness (QED) is 0.0756. The van der Waals surface area contributed by atoms with E-state index in [4.69, 9.17) is 30.8 Å². The van der Waals surface area contributed by atoms with Crippen molar-refractivity contribution in [3.8, 4) is 22.8 Å². The van der Waals surface area contributed by atoms with Crippen LogP contribution in [0.1, 0.15) is 44.6 Å². The Balaban J connectivity index is 1.24. The van der Waals surface area contributed by atoms with E-state index in [-0.39, 0.29) is 24.3 Å². The van der Waals surface area contributed by atoms with Gasteiger partial charge in [-0.25, -0.2) is 22.9 Å². The number of likely N-dealkylation sites (tertiary alicyclic amines) is 1. The number of nitrogens with one attached hydrogen (secondary N) is 3. The van der Waals surface area contributed by atoms with Crippen molar-refractivity contribution < 1.29 is 46.6 Å². The number of aromatic nitrogens is 1. The minimum atomic E-state index is -4.36. The highest BCUT2D eigenvalue weighted by Gasteiger charge is 2.61. The van der Waals surface area contributed by atoms with E-state index in [2.05, 4.69) is 21.9 Å². The molecule has 2 heterocycles. The second kappa shape index (κ2) is 20.1. The number of carbonyl (C=O) groups is 5. The summed E-state index contributed by atoms with van der Waals surface area (Å²) in [4.78, 5) is 78.2. The summed E-state index contributed by atoms with van der Waals surface area (Å²) in [7, 11) is -1.39. The van der Waals surface area contributed by atoms with Crippen LogP contribution in [0.2, 0.25) is 0 Å². The molecule has 5 amide bonds. The SMILES string of the molecule is C=C[C@@H]1C[C@]1(NC(=O)[C@@H]1C[C@@H](Oc2cc(-c3ccccc3)nc3cc(OC)ccc23)CN1C(=O)[C@H](CN(C)C(=O)[C@H](Cl)c1ccccc1)NC(=O)OC(C)(C)C)C(=O)NS(=O)(=O)c1ccccc1. The third kappa shape index (κ3) is 11.1. The molecule has 0 bridgehead atoms. The zero-order chi connectivity index (χ0) is 49.0. The molecule has 16 nitrogen and oxygen atoms in total. The van der Waals surface area contributed by atoms with Crippen LogP contribution < -0.4 is 24.8 Å². The number of carbonyl (C=O) groups excluding carboxylic acids is 5. The monoisotopic (exact) mass is 964 g/mol. The van der Waals surface area contributed by atoms with Crippen molar-refractivity contribution in [3.05, 3.63) is 133 Å². The number of alkyl halides is 1. The number of amides is 5. The highest BCUT2D eigenvalue weighted by atomic mass is 35.5. The van der Waals surface area contributed by atoms with E-state index in [0.29, 0.717) is 33.7 Å². The number of hydrogen-bond acceptors (Lipinski definition) is 11. The summed E-state index contributed by atoms with van der Waals surface area (Å²) in [6.45, 7) is 8.13. The van der Waals surface area contributed by atoms with Crippen LogP contribution in [0.15, 0.2) is 133 Å². The molecule has 0 radical (unpaired) electrons. The first-order valence-corrected chi connectivity index (χ1v) is 23.8. The van der Waals surface area contributed by atoms with Crippen LogP contribution in [-0.4, -0.2) is 109 Å². The topological polar surface area (TPSA) is 203 Å². The van der Waals surface area contributed by atoms with Crippen LogP contribution in [0.25, 0.3) is 22.2 Å². The average molecular weight is 966 g/mol. The number of nitrogens with zero attached hydrogens (tertiary/aromatic N) is 3. The zero-order valence-corrected chi connectivity index (χ0v) is 39.8. The lowest BCUT2D eigenvalue weighted by Crippen LogP contribution is -2.60. The van der Waals surface area contributed by atoms with Gasteiger partial charge < -0.3 is 34.6 Å². The lowest BCUT2D eigenvalue weighted by atomic mass is 10.1. The van der Waals surface area contributed by atoms with Gasteiger partial charge in [0.2, 0.25) is 17.7 Å². The molecule has 6 atom stereocenters. The Kier molecular flexibility index (Phi) is 14.5. The number of pyridine rings is 1. The number of halogens is 1. The fourth-order valence-electron chi connectivity index (χ4n) is 8.08. The largest absolute Gasteiger partial charge is 0.497 e. The maximum Gasteiger partial charge on any atom is 0.408 e. The van der Waals surface area contributed by atoms with Crippen LogP contribution >= 0.6 is 11.6 Å². The Bertz CT molecular complexity index is 2810. The Morgan fingerprint density at radius 1 is 0.956 bits per heavy atom. The standard InChI is InChI=1S/C50H53ClN6O10S/c1-7-33-28-50(33,47(61)55-68(63,64)36-21-15-10-16-22-36)54-44(58)41-26-35(66-42-27-38(31-17-11-8-12-18-31)52-39-25-34(65-6)23-24-37(39)42)29-57(41)45(59)40(53-48(62)67-49(2,3)4)30-56(5)46(60)43(51)32-19-13-9-14-20-32/h7-25,27,33,35,40-41,43H,1,26,28-30H2,2-6H3,(H,53,62)(H,54,58)(H,55,61)/t33-,35-,40+,41+,43-,50-/m1/s1. The van der Waals surface area contributed by atoms with E-state index >= 15 is 4.79 Å². The number of benzene rings is 4. The predicted molar refractivity (Wildman–Crippen MR) is 255 cm³/mol. The molecule has 356 valence electrons. The van der Waals surface area contributed by atoms with Crippen molar-refractivity contribution in [1.29, 1.82) is 0 Å². The molecule has 5 aromatic rings. The Morgan fingerprint density at radius 3 is 2.22 bits per heavy atom. The van der Waals surface area contributed by atoms with Crippen molar-refractivity contribution >= 4 is 62.2 Å². The number of likely N-dealkylation sites (N-methyl/N-ethyl adjacent to an activating group) is 1. The van der Waals surface area contributed by atoms with Crippen LogP contribution in [0.3, 0.4) is 0 Å². The van der Waals surface area contributed by atoms with E-state index in [0.717, 1.165) is 5.56 Å². The van der Waals surface area contributed by atoms with E-state index < -0.39 is 86.9 Å². The maximum atomic E-state index is 15.1. The second-order valence-electron chi connectivity index (χ2n) is 17.7. The number of fused-ring (bicyclic) bond motifs is 1. The Labute approximate surface area is 400 Å². The molecule has 1 aliphatic heterocycles. The van der Waals surface area contributed by atoms with E-state index in [1.807, 2.05) is 30.3 Å². The molecule has 3 N–H and O–H groups in total. The fraction of sp³-hybridized carbons (Fsp3) is 0.320. The van der Waals surface area contributed by atoms with Crippen molar-refractivity contribution in [2.24, 2.45) is 5.92 Å². The molecule has 1 saturated heterocycles. The predicted octanol–water partition coefficient (Wildman–Crippen LogP) is 6.16. The van der Waals surface area contributed by atoms with Gasteiger partial charge in [0.15, 0.2) is 0 Å². The maximum absolute atomic E-state index is 15.1. The highest BCUT2D eigenvalue weighted by Crippen LogP contribution is 2.45. The minimum absolute atomic E-state index is 0.0183. The normalized spacial score (nSPS) is 19.7. The van der Waals surface area contributed by atoms with E-state index in [9.17, 15) is 27.6 Å². The van der Waals surface area contributed by atoms with Crippen molar-refractivity contribution in [1.82, 2.24) is 30.1 Å². The van der Waals surface area contributed by atoms with Crippen molar-refractivity contribution in [2.75, 3.05) is 27.2 Å². The number of alkyl carbamates (subject to hydrolysis) is 1. The molecular weight excluding hydrogens is 912 g/mol. The summed E-state index contributed by atoms with van der Waals surface area (Å²) in [6.07, 6.45) is -0.507. The summed E-state index contributed by atoms with van der Waals surface area (Å²) in [6, 6.07) is 29.5. The molecule has 1 saturated carbocycles. The summed E-state index contributed by atoms with van der Waals surface area (Å²) in [5.41, 5.74) is -0.295. The molecular formula is C50H53ClN6O10S. The van der Waals surface area contributed by atoms with E-state index in [1.54, 1.807) is 88.5 Å². The van der Waals surface area contributed by atoms with Crippen LogP contribution in [0.5, 0.6) is 11.5 Å². The summed E-state index contributed by atoms with van der Waals surface area (Å²) < 4.78 is 46.5. The molecule has 1 aliphatic carbocycles. The fourth-order valence-corrected chi connectivity index (χ4v) is 9.45. The molecule has 2 aliphatic rings. The van der Waals surface area contributed by atoms with E-state index in [1.165, 1.54) is 47.2 Å². The zero-order valence-electron chi connectivity index (χ0n) is 38.2. The lowest BCUT2D eigenvalue weighted by molar-refractivity contribution is -0.142. The van der Waals surface area contributed by atoms with Crippen molar-refractivity contribution in [3.63, 3.8) is 0 Å². The number of sulfonamides is 1. The molecule has 18 heteroatoms. The molecule has 1 aromatic heterocycles. The van der Waals surface area contributed by atoms with Crippen LogP contribution in [-0.2, 0) is 33.9 Å². The van der Waals surface area contributed by atoms with Gasteiger partial charge in [0.05, 0.1) is 29.8 Å². The molecule has 7 rings (SSSR count). The molecule has 68 heavy (non-hydrogen) atoms. The number of methoxy groups -OCH3 is 1. The minimum Gasteiger partial charge on any atom is -0.497 e. The number of ether oxygens (including phenoxy) is 3. The lowest BCUT2D eigenvalue weighted by Gasteiger charge is -2.32. The smallest absolute Gasteiger partial charge is 0.408 e. The first kappa shape index (κ1) is 48.9. The molecule has 0 spiro atoms. The molecule has 2 fully saturated rings. The van der Waals surface area contributed by atoms with Gasteiger partial charge in [-0.1, -0.05) is 84.9 Å². The third-order valence-corrected chi connectivity index (χ3v) is 13.4. The average Bonchev–Trinajstić information content (AvgIpc) is 3.89. The van der Waals surface area contributed by atoms with Crippen molar-refractivity contribution in [2.45, 2.75) is 73.2 Å².